The molecule has 0 spiro atoms. The molecule has 1 aromatic rings. The van der Waals surface area contributed by atoms with E-state index in [4.69, 9.17) is 0 Å². The maximum Gasteiger partial charge on any atom is 0.125 e. The number of hydrogen-bond donors (Lipinski definition) is 2. The number of rotatable bonds is 5. The molecular formula is C12H18FNO. The summed E-state index contributed by atoms with van der Waals surface area (Å²) in [4.78, 5) is 0. The van der Waals surface area contributed by atoms with Crippen molar-refractivity contribution in [1.82, 2.24) is 0 Å². The van der Waals surface area contributed by atoms with Crippen LogP contribution in [0.4, 0.5) is 10.1 Å². The molecule has 0 fully saturated rings. The molecule has 2 N–H and O–H groups in total. The minimum atomic E-state index is -0.339. The van der Waals surface area contributed by atoms with Crippen LogP contribution >= 0.6 is 0 Å². The van der Waals surface area contributed by atoms with E-state index in [0.717, 1.165) is 12.8 Å². The van der Waals surface area contributed by atoms with Crippen molar-refractivity contribution < 1.29 is 9.50 Å². The van der Waals surface area contributed by atoms with Crippen LogP contribution in [0.2, 0.25) is 0 Å². The highest BCUT2D eigenvalue weighted by atomic mass is 19.1. The minimum absolute atomic E-state index is 0.0521. The SMILES string of the molecule is CCC(CC)(CO)Nc1cccc(F)c1. The van der Waals surface area contributed by atoms with E-state index in [1.165, 1.54) is 12.1 Å². The number of halogens is 1. The molecule has 3 heteroatoms. The summed E-state index contributed by atoms with van der Waals surface area (Å²) in [6.07, 6.45) is 1.60. The van der Waals surface area contributed by atoms with Gasteiger partial charge in [0.1, 0.15) is 5.82 Å². The molecule has 0 atom stereocenters. The fourth-order valence-corrected chi connectivity index (χ4v) is 1.56. The highest BCUT2D eigenvalue weighted by molar-refractivity contribution is 5.45. The first kappa shape index (κ1) is 12.0. The third-order valence-corrected chi connectivity index (χ3v) is 2.89. The normalized spacial score (nSPS) is 11.5. The first-order chi connectivity index (χ1) is 7.15. The van der Waals surface area contributed by atoms with Crippen LogP contribution in [-0.2, 0) is 0 Å². The highest BCUT2D eigenvalue weighted by Crippen LogP contribution is 2.22. The molecule has 2 nitrogen and oxygen atoms in total. The van der Waals surface area contributed by atoms with Gasteiger partial charge in [0, 0.05) is 5.69 Å². The standard InChI is InChI=1S/C12H18FNO/c1-3-12(4-2,9-15)14-11-7-5-6-10(13)8-11/h5-8,14-15H,3-4,9H2,1-2H3. The van der Waals surface area contributed by atoms with Gasteiger partial charge >= 0.3 is 0 Å². The van der Waals surface area contributed by atoms with E-state index in [9.17, 15) is 9.50 Å². The molecular weight excluding hydrogens is 193 g/mol. The van der Waals surface area contributed by atoms with Crippen LogP contribution < -0.4 is 5.32 Å². The predicted octanol–water partition coefficient (Wildman–Crippen LogP) is 2.79. The van der Waals surface area contributed by atoms with E-state index in [-0.39, 0.29) is 18.0 Å². The van der Waals surface area contributed by atoms with Crippen LogP contribution in [0.25, 0.3) is 0 Å². The van der Waals surface area contributed by atoms with Crippen LogP contribution in [0, 0.1) is 5.82 Å². The molecule has 0 heterocycles. The van der Waals surface area contributed by atoms with Crippen molar-refractivity contribution in [3.63, 3.8) is 0 Å². The second-order valence-corrected chi connectivity index (χ2v) is 3.78. The zero-order valence-electron chi connectivity index (χ0n) is 9.26. The Bertz CT molecular complexity index is 302. The molecule has 0 aliphatic rings. The van der Waals surface area contributed by atoms with E-state index >= 15 is 0 Å². The molecule has 0 unspecified atom stereocenters. The fraction of sp³-hybridized carbons (Fsp3) is 0.500. The number of benzene rings is 1. The van der Waals surface area contributed by atoms with Gasteiger partial charge in [0.2, 0.25) is 0 Å². The second-order valence-electron chi connectivity index (χ2n) is 3.78. The van der Waals surface area contributed by atoms with E-state index in [1.807, 2.05) is 13.8 Å². The highest BCUT2D eigenvalue weighted by Gasteiger charge is 2.24. The molecule has 0 aliphatic carbocycles. The Kier molecular flexibility index (Phi) is 4.09. The molecule has 15 heavy (non-hydrogen) atoms. The van der Waals surface area contributed by atoms with Crippen LogP contribution in [-0.4, -0.2) is 17.3 Å². The topological polar surface area (TPSA) is 32.3 Å². The van der Waals surface area contributed by atoms with E-state index in [2.05, 4.69) is 5.32 Å². The third-order valence-electron chi connectivity index (χ3n) is 2.89. The number of anilines is 1. The van der Waals surface area contributed by atoms with Crippen molar-refractivity contribution in [2.24, 2.45) is 0 Å². The summed E-state index contributed by atoms with van der Waals surface area (Å²) in [6.45, 7) is 4.06. The van der Waals surface area contributed by atoms with Crippen molar-refractivity contribution in [3.05, 3.63) is 30.1 Å². The average molecular weight is 211 g/mol. The summed E-state index contributed by atoms with van der Waals surface area (Å²) in [5.74, 6) is -0.265. The lowest BCUT2D eigenvalue weighted by Crippen LogP contribution is -2.40. The molecule has 1 rings (SSSR count). The molecule has 0 saturated heterocycles. The van der Waals surface area contributed by atoms with Gasteiger partial charge in [-0.25, -0.2) is 4.39 Å². The summed E-state index contributed by atoms with van der Waals surface area (Å²) >= 11 is 0. The van der Waals surface area contributed by atoms with Crippen LogP contribution in [0.1, 0.15) is 26.7 Å². The van der Waals surface area contributed by atoms with Crippen molar-refractivity contribution >= 4 is 5.69 Å². The Morgan fingerprint density at radius 1 is 1.33 bits per heavy atom. The zero-order valence-corrected chi connectivity index (χ0v) is 9.26. The fourth-order valence-electron chi connectivity index (χ4n) is 1.56. The van der Waals surface area contributed by atoms with Crippen molar-refractivity contribution in [2.75, 3.05) is 11.9 Å². The smallest absolute Gasteiger partial charge is 0.125 e. The zero-order chi connectivity index (χ0) is 11.3. The predicted molar refractivity (Wildman–Crippen MR) is 60.4 cm³/mol. The lowest BCUT2D eigenvalue weighted by Gasteiger charge is -2.31. The van der Waals surface area contributed by atoms with Crippen LogP contribution in [0.3, 0.4) is 0 Å². The van der Waals surface area contributed by atoms with E-state index < -0.39 is 0 Å². The monoisotopic (exact) mass is 211 g/mol. The Morgan fingerprint density at radius 3 is 2.47 bits per heavy atom. The van der Waals surface area contributed by atoms with Crippen molar-refractivity contribution in [1.29, 1.82) is 0 Å². The van der Waals surface area contributed by atoms with Gasteiger partial charge in [0.15, 0.2) is 0 Å². The maximum atomic E-state index is 13.0. The van der Waals surface area contributed by atoms with Crippen molar-refractivity contribution in [2.45, 2.75) is 32.2 Å². The summed E-state index contributed by atoms with van der Waals surface area (Å²) in [5, 5.41) is 12.5. The lowest BCUT2D eigenvalue weighted by molar-refractivity contribution is 0.202. The molecule has 1 aromatic carbocycles. The molecule has 0 aliphatic heterocycles. The third kappa shape index (κ3) is 2.93. The molecule has 0 saturated carbocycles. The van der Waals surface area contributed by atoms with E-state index in [1.54, 1.807) is 12.1 Å². The first-order valence-corrected chi connectivity index (χ1v) is 5.30. The van der Waals surface area contributed by atoms with Gasteiger partial charge in [-0.3, -0.25) is 0 Å². The number of aliphatic hydroxyl groups is 1. The number of hydrogen-bond acceptors (Lipinski definition) is 2. The van der Waals surface area contributed by atoms with Gasteiger partial charge in [-0.1, -0.05) is 19.9 Å². The summed E-state index contributed by atoms with van der Waals surface area (Å²) in [6, 6.07) is 6.31. The van der Waals surface area contributed by atoms with E-state index in [0.29, 0.717) is 5.69 Å². The summed E-state index contributed by atoms with van der Waals surface area (Å²) in [7, 11) is 0. The summed E-state index contributed by atoms with van der Waals surface area (Å²) < 4.78 is 13.0. The Hall–Kier alpha value is -1.09. The Labute approximate surface area is 90.1 Å². The molecule has 0 radical (unpaired) electrons. The second kappa shape index (κ2) is 5.12. The molecule has 0 aromatic heterocycles. The average Bonchev–Trinajstić information content (AvgIpc) is 2.26. The van der Waals surface area contributed by atoms with Gasteiger partial charge in [-0.2, -0.15) is 0 Å². The molecule has 0 amide bonds. The Balaban J connectivity index is 2.82. The minimum Gasteiger partial charge on any atom is -0.394 e. The van der Waals surface area contributed by atoms with Gasteiger partial charge in [0.25, 0.3) is 0 Å². The van der Waals surface area contributed by atoms with Gasteiger partial charge in [0.05, 0.1) is 12.1 Å². The maximum absolute atomic E-state index is 13.0. The first-order valence-electron chi connectivity index (χ1n) is 5.30. The van der Waals surface area contributed by atoms with Crippen LogP contribution in [0.5, 0.6) is 0 Å². The van der Waals surface area contributed by atoms with Gasteiger partial charge in [-0.15, -0.1) is 0 Å². The van der Waals surface area contributed by atoms with Crippen molar-refractivity contribution in [3.8, 4) is 0 Å². The number of nitrogens with one attached hydrogen (secondary N) is 1. The molecule has 84 valence electrons. The number of aliphatic hydroxyl groups excluding tert-OH is 1. The Morgan fingerprint density at radius 2 is 2.00 bits per heavy atom. The summed E-state index contributed by atoms with van der Waals surface area (Å²) in [5.41, 5.74) is 0.376. The quantitative estimate of drug-likeness (QED) is 0.785. The van der Waals surface area contributed by atoms with Crippen LogP contribution in [0.15, 0.2) is 24.3 Å². The van der Waals surface area contributed by atoms with Gasteiger partial charge < -0.3 is 10.4 Å². The largest absolute Gasteiger partial charge is 0.394 e. The molecule has 0 bridgehead atoms. The lowest BCUT2D eigenvalue weighted by atomic mass is 9.93. The van der Waals surface area contributed by atoms with Gasteiger partial charge in [-0.05, 0) is 31.0 Å².